The van der Waals surface area contributed by atoms with Gasteiger partial charge in [0, 0.05) is 66.1 Å². The Balaban J connectivity index is 1.09. The van der Waals surface area contributed by atoms with Gasteiger partial charge in [0.15, 0.2) is 6.29 Å². The summed E-state index contributed by atoms with van der Waals surface area (Å²) >= 11 is 0. The Labute approximate surface area is 466 Å². The lowest BCUT2D eigenvalue weighted by atomic mass is 9.21. The van der Waals surface area contributed by atoms with Crippen molar-refractivity contribution in [3.8, 4) is 11.8 Å². The summed E-state index contributed by atoms with van der Waals surface area (Å²) in [6.45, 7) is 8.32. The number of ether oxygens (including phenoxy) is 2. The second kappa shape index (κ2) is 18.8. The first-order valence-electron chi connectivity index (χ1n) is 29.9. The number of aromatic nitrogens is 4. The summed E-state index contributed by atoms with van der Waals surface area (Å²) in [6, 6.07) is -0.783. The minimum atomic E-state index is -1.70. The number of nitrogens with two attached hydrogens (primary N) is 1. The van der Waals surface area contributed by atoms with Crippen LogP contribution in [0.3, 0.4) is 0 Å². The summed E-state index contributed by atoms with van der Waals surface area (Å²) in [6.07, 6.45) is 2.87. The van der Waals surface area contributed by atoms with Gasteiger partial charge >= 0.3 is 5.97 Å². The Morgan fingerprint density at radius 2 is 1.71 bits per heavy atom. The van der Waals surface area contributed by atoms with E-state index in [1.807, 2.05) is 6.92 Å². The van der Waals surface area contributed by atoms with Gasteiger partial charge in [-0.2, -0.15) is 0 Å². The van der Waals surface area contributed by atoms with Crippen LogP contribution in [0.2, 0.25) is 0 Å². The average Bonchev–Trinajstić information content (AvgIpc) is 2.60. The van der Waals surface area contributed by atoms with E-state index in [0.29, 0.717) is 76.4 Å². The van der Waals surface area contributed by atoms with E-state index in [2.05, 4.69) is 64.3 Å². The fourth-order valence-corrected chi connectivity index (χ4v) is 22.5. The molecular formula is C60H85N7O13. The van der Waals surface area contributed by atoms with Gasteiger partial charge in [0.2, 0.25) is 5.91 Å². The molecule has 15 N–H and O–H groups in total. The average molecular weight is 1110 g/mol. The molecule has 3 spiro atoms. The lowest BCUT2D eigenvalue weighted by molar-refractivity contribution is -0.366. The van der Waals surface area contributed by atoms with Gasteiger partial charge in [-0.1, -0.05) is 64.0 Å². The van der Waals surface area contributed by atoms with E-state index >= 15 is 4.79 Å². The first kappa shape index (κ1) is 55.2. The van der Waals surface area contributed by atoms with Crippen molar-refractivity contribution < 1.29 is 65.0 Å². The SMILES string of the molecule is CC1(CO)CCC2(C(=O)O)C(C1)C1=CC3C#CC4CCCC45C(=O)NC(C(c4cnc[nH]4)C(O)CC(N)O)C5CC4C(O)C(OC5OCC(O)C(O)C5O)C(C)(CO)C5CCC6(C)C1(CCCC36C45C)C1Cc3[nH]cnc3NCC12. The smallest absolute Gasteiger partial charge is 0.310 e. The zero-order valence-electron chi connectivity index (χ0n) is 46.6. The minimum Gasteiger partial charge on any atom is -0.481 e. The standard InChI is InChI=1S/C60H85N7O13/c1-53(25-68)15-16-58(52(77)78)35(21-53)31-17-30-9-8-29-7-5-11-57(29)33(44(67-51(57)76)43(38-23-62-27-64-38)39(70)20-42(61)72)18-34-45(73)48(80-50-47(75)46(74)40(71)24-79-50)54(2,26-69)41-10-14-55(3)59(31,12-6-13-60(30,55)56(34,41)4)32-19-37-49(66-28-65-37)63-22-36(32)58/h17,23,27-30,32-36,39-48,50,63,68-75H,5-7,10-16,18-22,24-26,61H2,1-4H3,(H,62,64)(H,65,66)(H,67,76)(H,77,78). The summed E-state index contributed by atoms with van der Waals surface area (Å²) in [5, 5.41) is 113. The highest BCUT2D eigenvalue weighted by Gasteiger charge is 2.84. The predicted octanol–water partition coefficient (Wildman–Crippen LogP) is 2.29. The molecule has 80 heavy (non-hydrogen) atoms. The second-order valence-corrected chi connectivity index (χ2v) is 28.3. The van der Waals surface area contributed by atoms with E-state index < -0.39 is 153 Å². The third kappa shape index (κ3) is 6.85. The largest absolute Gasteiger partial charge is 0.481 e. The molecule has 438 valence electrons. The number of aliphatic hydroxyl groups is 8. The van der Waals surface area contributed by atoms with E-state index in [9.17, 15) is 50.8 Å². The molecule has 2 aromatic rings. The van der Waals surface area contributed by atoms with E-state index in [1.54, 1.807) is 12.5 Å². The van der Waals surface area contributed by atoms with Crippen LogP contribution in [0.15, 0.2) is 30.5 Å². The van der Waals surface area contributed by atoms with Crippen LogP contribution in [-0.4, -0.2) is 159 Å². The maximum atomic E-state index is 15.6. The zero-order chi connectivity index (χ0) is 56.5. The number of hydrogen-bond donors (Lipinski definition) is 14. The molecule has 13 rings (SSSR count). The van der Waals surface area contributed by atoms with Crippen molar-refractivity contribution in [2.24, 2.45) is 96.4 Å². The van der Waals surface area contributed by atoms with Gasteiger partial charge in [-0.25, -0.2) is 9.97 Å². The number of hydrogen-bond acceptors (Lipinski definition) is 16. The highest BCUT2D eigenvalue weighted by Crippen LogP contribution is 2.87. The van der Waals surface area contributed by atoms with Gasteiger partial charge < -0.3 is 81.8 Å². The normalized spacial score (nSPS) is 50.7. The van der Waals surface area contributed by atoms with Crippen LogP contribution in [0.5, 0.6) is 0 Å². The number of aromatic amines is 2. The molecule has 20 heteroatoms. The number of imidazole rings is 2. The molecule has 0 aromatic carbocycles. The molecular weight excluding hydrogens is 1030 g/mol. The molecule has 26 unspecified atom stereocenters. The highest BCUT2D eigenvalue weighted by molar-refractivity contribution is 5.87. The number of anilines is 1. The summed E-state index contributed by atoms with van der Waals surface area (Å²) < 4.78 is 12.9. The lowest BCUT2D eigenvalue weighted by Crippen LogP contribution is -2.80. The summed E-state index contributed by atoms with van der Waals surface area (Å²) in [5.74, 6) is 2.98. The zero-order valence-corrected chi connectivity index (χ0v) is 46.6. The van der Waals surface area contributed by atoms with Gasteiger partial charge in [0.05, 0.1) is 60.7 Å². The first-order valence-corrected chi connectivity index (χ1v) is 29.9. The van der Waals surface area contributed by atoms with Crippen LogP contribution in [-0.2, 0) is 25.5 Å². The maximum Gasteiger partial charge on any atom is 0.310 e. The fraction of sp³-hybridized carbons (Fsp3) is 0.800. The van der Waals surface area contributed by atoms with Gasteiger partial charge in [0.25, 0.3) is 0 Å². The predicted molar refractivity (Wildman–Crippen MR) is 287 cm³/mol. The molecule has 3 aliphatic heterocycles. The molecule has 2 saturated heterocycles. The number of carbonyl (C=O) groups is 2. The van der Waals surface area contributed by atoms with Crippen LogP contribution in [0, 0.1) is 103 Å². The summed E-state index contributed by atoms with van der Waals surface area (Å²) in [5.41, 5.74) is 1.40. The van der Waals surface area contributed by atoms with Crippen molar-refractivity contribution >= 4 is 17.7 Å². The number of rotatable bonds is 10. The molecule has 6 saturated carbocycles. The van der Waals surface area contributed by atoms with Crippen LogP contribution in [0.25, 0.3) is 0 Å². The number of carboxylic acid groups (broad SMARTS) is 1. The minimum absolute atomic E-state index is 0.0887. The van der Waals surface area contributed by atoms with Crippen LogP contribution >= 0.6 is 0 Å². The van der Waals surface area contributed by atoms with Crippen molar-refractivity contribution in [3.63, 3.8) is 0 Å². The topological polar surface area (TPSA) is 342 Å². The Morgan fingerprint density at radius 1 is 0.912 bits per heavy atom. The number of nitrogens with one attached hydrogen (secondary N) is 4. The number of allylic oxidation sites excluding steroid dienone is 2. The second-order valence-electron chi connectivity index (χ2n) is 28.3. The van der Waals surface area contributed by atoms with Crippen molar-refractivity contribution in [2.75, 3.05) is 31.7 Å². The number of nitrogens with zero attached hydrogens (tertiary/aromatic N) is 2. The fourth-order valence-electron chi connectivity index (χ4n) is 22.5. The van der Waals surface area contributed by atoms with E-state index in [-0.39, 0.29) is 43.8 Å². The number of H-pyrrole nitrogens is 2. The number of aliphatic hydroxyl groups excluding tert-OH is 8. The van der Waals surface area contributed by atoms with Gasteiger partial charge in [0.1, 0.15) is 30.4 Å². The molecule has 8 fully saturated rings. The number of fused-ring (bicyclic) bond motifs is 5. The summed E-state index contributed by atoms with van der Waals surface area (Å²) in [7, 11) is 0. The van der Waals surface area contributed by atoms with Crippen molar-refractivity contribution in [1.82, 2.24) is 25.3 Å². The Bertz CT molecular complexity index is 2860. The molecule has 0 radical (unpaired) electrons. The van der Waals surface area contributed by atoms with E-state index in [0.717, 1.165) is 29.9 Å². The Kier molecular flexibility index (Phi) is 12.9. The molecule has 2 aromatic heterocycles. The van der Waals surface area contributed by atoms with E-state index in [4.69, 9.17) is 20.2 Å². The monoisotopic (exact) mass is 1110 g/mol. The highest BCUT2D eigenvalue weighted by atomic mass is 16.7. The molecule has 11 aliphatic rings. The third-order valence-electron chi connectivity index (χ3n) is 25.8. The molecule has 2 bridgehead atoms. The molecule has 20 nitrogen and oxygen atoms in total. The van der Waals surface area contributed by atoms with Crippen LogP contribution in [0.1, 0.15) is 128 Å². The molecule has 1 amide bonds. The lowest BCUT2D eigenvalue weighted by Gasteiger charge is -2.83. The number of aliphatic carboxylic acids is 1. The van der Waals surface area contributed by atoms with Crippen molar-refractivity contribution in [3.05, 3.63) is 41.9 Å². The number of carboxylic acids is 1. The van der Waals surface area contributed by atoms with Crippen molar-refractivity contribution in [2.45, 2.75) is 179 Å². The number of amides is 1. The molecule has 8 aliphatic carbocycles. The van der Waals surface area contributed by atoms with Crippen molar-refractivity contribution in [1.29, 1.82) is 0 Å². The Hall–Kier alpha value is -3.98. The third-order valence-corrected chi connectivity index (χ3v) is 25.8. The quantitative estimate of drug-likeness (QED) is 0.0702. The van der Waals surface area contributed by atoms with Crippen LogP contribution in [0.4, 0.5) is 5.82 Å². The van der Waals surface area contributed by atoms with Crippen LogP contribution < -0.4 is 16.4 Å². The molecule has 5 heterocycles. The first-order chi connectivity index (χ1) is 38.1. The van der Waals surface area contributed by atoms with Gasteiger partial charge in [-0.3, -0.25) is 9.59 Å². The van der Waals surface area contributed by atoms with E-state index in [1.165, 1.54) is 6.33 Å². The summed E-state index contributed by atoms with van der Waals surface area (Å²) in [4.78, 5) is 46.2. The number of carbonyl (C=O) groups excluding carboxylic acids is 1. The molecule has 26 atom stereocenters. The van der Waals surface area contributed by atoms with Gasteiger partial charge in [-0.15, -0.1) is 0 Å². The van der Waals surface area contributed by atoms with Gasteiger partial charge in [-0.05, 0) is 128 Å². The maximum absolute atomic E-state index is 15.6. The Morgan fingerprint density at radius 3 is 2.44 bits per heavy atom.